The fourth-order valence-electron chi connectivity index (χ4n) is 4.01. The summed E-state index contributed by atoms with van der Waals surface area (Å²) in [6, 6.07) is 0.593. The van der Waals surface area contributed by atoms with E-state index in [0.29, 0.717) is 12.6 Å². The highest BCUT2D eigenvalue weighted by Crippen LogP contribution is 2.23. The van der Waals surface area contributed by atoms with Gasteiger partial charge < -0.3 is 15.0 Å². The maximum absolute atomic E-state index is 12.9. The van der Waals surface area contributed by atoms with Gasteiger partial charge in [0.05, 0.1) is 13.5 Å². The third kappa shape index (κ3) is 6.33. The standard InChI is InChI=1S/C19H34N2O3/c1-24-18(22)14-15-21(17-12-8-3-2-4-9-13-17)19(23)20-16-10-6-5-7-11-16/h16-17H,2-15H2,1H3,(H,20,23). The third-order valence-electron chi connectivity index (χ3n) is 5.49. The van der Waals surface area contributed by atoms with Crippen molar-refractivity contribution in [2.75, 3.05) is 13.7 Å². The van der Waals surface area contributed by atoms with Gasteiger partial charge in [-0.25, -0.2) is 4.79 Å². The third-order valence-corrected chi connectivity index (χ3v) is 5.49. The summed E-state index contributed by atoms with van der Waals surface area (Å²) < 4.78 is 4.77. The number of ether oxygens (including phenoxy) is 1. The van der Waals surface area contributed by atoms with Crippen molar-refractivity contribution >= 4 is 12.0 Å². The monoisotopic (exact) mass is 338 g/mol. The van der Waals surface area contributed by atoms with Gasteiger partial charge in [0, 0.05) is 18.6 Å². The molecule has 2 aliphatic carbocycles. The zero-order valence-electron chi connectivity index (χ0n) is 15.2. The van der Waals surface area contributed by atoms with Crippen LogP contribution in [0.1, 0.15) is 83.5 Å². The molecule has 0 aromatic heterocycles. The van der Waals surface area contributed by atoms with Crippen LogP contribution in [0.15, 0.2) is 0 Å². The van der Waals surface area contributed by atoms with Crippen LogP contribution < -0.4 is 5.32 Å². The molecule has 138 valence electrons. The van der Waals surface area contributed by atoms with Crippen LogP contribution in [0.25, 0.3) is 0 Å². The molecule has 0 radical (unpaired) electrons. The van der Waals surface area contributed by atoms with Gasteiger partial charge in [0.1, 0.15) is 0 Å². The summed E-state index contributed by atoms with van der Waals surface area (Å²) in [5.41, 5.74) is 0. The minimum Gasteiger partial charge on any atom is -0.469 e. The Balaban J connectivity index is 1.96. The average molecular weight is 338 g/mol. The van der Waals surface area contributed by atoms with Crippen molar-refractivity contribution in [2.24, 2.45) is 0 Å². The molecule has 2 rings (SSSR count). The number of hydrogen-bond donors (Lipinski definition) is 1. The van der Waals surface area contributed by atoms with Crippen LogP contribution in [0, 0.1) is 0 Å². The number of rotatable bonds is 5. The van der Waals surface area contributed by atoms with Crippen molar-refractivity contribution in [1.82, 2.24) is 10.2 Å². The predicted octanol–water partition coefficient (Wildman–Crippen LogP) is 4.01. The van der Waals surface area contributed by atoms with E-state index in [1.807, 2.05) is 4.90 Å². The van der Waals surface area contributed by atoms with Crippen LogP contribution >= 0.6 is 0 Å². The highest BCUT2D eigenvalue weighted by Gasteiger charge is 2.26. The van der Waals surface area contributed by atoms with Crippen molar-refractivity contribution in [1.29, 1.82) is 0 Å². The summed E-state index contributed by atoms with van der Waals surface area (Å²) in [6.45, 7) is 0.468. The maximum Gasteiger partial charge on any atom is 0.317 e. The molecule has 0 unspecified atom stereocenters. The van der Waals surface area contributed by atoms with Gasteiger partial charge in [0.2, 0.25) is 0 Å². The number of hydrogen-bond acceptors (Lipinski definition) is 3. The van der Waals surface area contributed by atoms with Gasteiger partial charge in [-0.05, 0) is 25.7 Å². The van der Waals surface area contributed by atoms with E-state index in [4.69, 9.17) is 4.74 Å². The van der Waals surface area contributed by atoms with Crippen LogP contribution in [0.3, 0.4) is 0 Å². The van der Waals surface area contributed by atoms with Crippen molar-refractivity contribution in [3.63, 3.8) is 0 Å². The second-order valence-corrected chi connectivity index (χ2v) is 7.30. The van der Waals surface area contributed by atoms with Crippen LogP contribution in [0.4, 0.5) is 4.79 Å². The van der Waals surface area contributed by atoms with E-state index in [0.717, 1.165) is 25.7 Å². The molecule has 0 heterocycles. The topological polar surface area (TPSA) is 58.6 Å². The first-order valence-corrected chi connectivity index (χ1v) is 9.84. The van der Waals surface area contributed by atoms with E-state index in [9.17, 15) is 9.59 Å². The SMILES string of the molecule is COC(=O)CCN(C(=O)NC1CCCCC1)C1CCCCCCC1. The summed E-state index contributed by atoms with van der Waals surface area (Å²) in [7, 11) is 1.41. The normalized spacial score (nSPS) is 20.7. The van der Waals surface area contributed by atoms with Gasteiger partial charge in [0.15, 0.2) is 0 Å². The molecule has 2 fully saturated rings. The number of amides is 2. The number of carbonyl (C=O) groups is 2. The minimum atomic E-state index is -0.240. The van der Waals surface area contributed by atoms with Crippen LogP contribution in [0.2, 0.25) is 0 Å². The van der Waals surface area contributed by atoms with Crippen LogP contribution in [-0.2, 0) is 9.53 Å². The summed E-state index contributed by atoms with van der Waals surface area (Å²) >= 11 is 0. The summed E-state index contributed by atoms with van der Waals surface area (Å²) in [4.78, 5) is 26.4. The van der Waals surface area contributed by atoms with E-state index in [-0.39, 0.29) is 24.5 Å². The lowest BCUT2D eigenvalue weighted by molar-refractivity contribution is -0.140. The molecule has 1 N–H and O–H groups in total. The molecule has 2 amide bonds. The number of nitrogens with one attached hydrogen (secondary N) is 1. The fraction of sp³-hybridized carbons (Fsp3) is 0.895. The number of nitrogens with zero attached hydrogens (tertiary/aromatic N) is 1. The van der Waals surface area contributed by atoms with Gasteiger partial charge in [-0.2, -0.15) is 0 Å². The zero-order chi connectivity index (χ0) is 17.2. The number of methoxy groups -OCH3 is 1. The molecule has 2 aliphatic rings. The van der Waals surface area contributed by atoms with E-state index < -0.39 is 0 Å². The Morgan fingerprint density at radius 2 is 1.46 bits per heavy atom. The molecule has 0 bridgehead atoms. The molecule has 0 aliphatic heterocycles. The van der Waals surface area contributed by atoms with Crippen LogP contribution in [-0.4, -0.2) is 42.6 Å². The molecule has 0 spiro atoms. The average Bonchev–Trinajstić information content (AvgIpc) is 2.57. The lowest BCUT2D eigenvalue weighted by atomic mass is 9.94. The minimum absolute atomic E-state index is 0.0244. The number of urea groups is 1. The summed E-state index contributed by atoms with van der Waals surface area (Å²) in [6.07, 6.45) is 14.4. The van der Waals surface area contributed by atoms with E-state index in [2.05, 4.69) is 5.32 Å². The van der Waals surface area contributed by atoms with Crippen molar-refractivity contribution < 1.29 is 14.3 Å². The molecule has 5 nitrogen and oxygen atoms in total. The smallest absolute Gasteiger partial charge is 0.317 e. The molecule has 0 saturated heterocycles. The first-order valence-electron chi connectivity index (χ1n) is 9.84. The second kappa shape index (κ2) is 10.6. The highest BCUT2D eigenvalue weighted by molar-refractivity contribution is 5.76. The van der Waals surface area contributed by atoms with E-state index >= 15 is 0 Å². The molecular formula is C19H34N2O3. The van der Waals surface area contributed by atoms with Gasteiger partial charge in [0.25, 0.3) is 0 Å². The molecule has 24 heavy (non-hydrogen) atoms. The molecule has 5 heteroatoms. The Hall–Kier alpha value is -1.26. The lowest BCUT2D eigenvalue weighted by Crippen LogP contribution is -2.50. The zero-order valence-corrected chi connectivity index (χ0v) is 15.2. The Kier molecular flexibility index (Phi) is 8.40. The first-order chi connectivity index (χ1) is 11.7. The van der Waals surface area contributed by atoms with Crippen molar-refractivity contribution in [3.05, 3.63) is 0 Å². The molecular weight excluding hydrogens is 304 g/mol. The van der Waals surface area contributed by atoms with Gasteiger partial charge in [-0.3, -0.25) is 4.79 Å². The van der Waals surface area contributed by atoms with E-state index in [1.54, 1.807) is 0 Å². The van der Waals surface area contributed by atoms with Crippen molar-refractivity contribution in [3.8, 4) is 0 Å². The summed E-state index contributed by atoms with van der Waals surface area (Å²) in [5, 5.41) is 3.23. The maximum atomic E-state index is 12.9. The fourth-order valence-corrected chi connectivity index (χ4v) is 4.01. The van der Waals surface area contributed by atoms with Crippen molar-refractivity contribution in [2.45, 2.75) is 95.6 Å². The van der Waals surface area contributed by atoms with Gasteiger partial charge in [-0.15, -0.1) is 0 Å². The largest absolute Gasteiger partial charge is 0.469 e. The quantitative estimate of drug-likeness (QED) is 0.771. The Labute approximate surface area is 146 Å². The Morgan fingerprint density at radius 1 is 0.917 bits per heavy atom. The summed E-state index contributed by atoms with van der Waals surface area (Å²) in [5.74, 6) is -0.240. The Bertz CT molecular complexity index is 386. The van der Waals surface area contributed by atoms with Crippen LogP contribution in [0.5, 0.6) is 0 Å². The number of esters is 1. The first kappa shape index (κ1) is 19.1. The Morgan fingerprint density at radius 3 is 2.08 bits per heavy atom. The van der Waals surface area contributed by atoms with Gasteiger partial charge >= 0.3 is 12.0 Å². The van der Waals surface area contributed by atoms with E-state index in [1.165, 1.54) is 58.5 Å². The molecule has 0 aromatic carbocycles. The predicted molar refractivity (Wildman–Crippen MR) is 94.9 cm³/mol. The lowest BCUT2D eigenvalue weighted by Gasteiger charge is -2.35. The highest BCUT2D eigenvalue weighted by atomic mass is 16.5. The molecule has 0 atom stereocenters. The van der Waals surface area contributed by atoms with Gasteiger partial charge in [-0.1, -0.05) is 51.4 Å². The number of carbonyl (C=O) groups excluding carboxylic acids is 2. The second-order valence-electron chi connectivity index (χ2n) is 7.30. The molecule has 2 saturated carbocycles. The molecule has 0 aromatic rings.